The lowest BCUT2D eigenvalue weighted by Crippen LogP contribution is -2.28. The highest BCUT2D eigenvalue weighted by Gasteiger charge is 2.20. The SMILES string of the molecule is Cc1cn2c(CN(C)C(=O)Cc3c(C)nn(-c4ccccc4)c3C)c(C)nc2s1. The van der Waals surface area contributed by atoms with Crippen LogP contribution in [0, 0.1) is 27.7 Å². The fourth-order valence-electron chi connectivity index (χ4n) is 3.65. The molecule has 0 radical (unpaired) electrons. The van der Waals surface area contributed by atoms with Crippen molar-refractivity contribution in [3.8, 4) is 5.69 Å². The number of rotatable bonds is 5. The molecule has 0 aliphatic carbocycles. The van der Waals surface area contributed by atoms with E-state index in [1.807, 2.05) is 62.8 Å². The summed E-state index contributed by atoms with van der Waals surface area (Å²) < 4.78 is 4.01. The predicted octanol–water partition coefficient (Wildman–Crippen LogP) is 4.02. The van der Waals surface area contributed by atoms with Gasteiger partial charge in [0, 0.05) is 29.4 Å². The molecule has 0 aliphatic heterocycles. The smallest absolute Gasteiger partial charge is 0.227 e. The van der Waals surface area contributed by atoms with Crippen LogP contribution >= 0.6 is 11.3 Å². The van der Waals surface area contributed by atoms with Gasteiger partial charge in [-0.05, 0) is 39.8 Å². The Morgan fingerprint density at radius 3 is 2.55 bits per heavy atom. The van der Waals surface area contributed by atoms with E-state index in [2.05, 4.69) is 27.6 Å². The summed E-state index contributed by atoms with van der Waals surface area (Å²) in [6.45, 7) is 8.60. The molecule has 0 atom stereocenters. The van der Waals surface area contributed by atoms with Crippen LogP contribution in [-0.4, -0.2) is 37.0 Å². The molecule has 0 bridgehead atoms. The van der Waals surface area contributed by atoms with Crippen LogP contribution < -0.4 is 0 Å². The van der Waals surface area contributed by atoms with Crippen LogP contribution in [-0.2, 0) is 17.8 Å². The van der Waals surface area contributed by atoms with Gasteiger partial charge in [0.05, 0.1) is 35.7 Å². The van der Waals surface area contributed by atoms with Gasteiger partial charge in [0.15, 0.2) is 4.96 Å². The second kappa shape index (κ2) is 7.48. The van der Waals surface area contributed by atoms with Gasteiger partial charge < -0.3 is 4.90 Å². The summed E-state index contributed by atoms with van der Waals surface area (Å²) in [4.78, 5) is 21.6. The molecule has 0 N–H and O–H groups in total. The van der Waals surface area contributed by atoms with Crippen molar-refractivity contribution in [2.45, 2.75) is 40.7 Å². The number of imidazole rings is 1. The van der Waals surface area contributed by atoms with Crippen LogP contribution in [0.4, 0.5) is 0 Å². The van der Waals surface area contributed by atoms with Gasteiger partial charge in [0.2, 0.25) is 5.91 Å². The topological polar surface area (TPSA) is 55.4 Å². The first-order valence-corrected chi connectivity index (χ1v) is 10.4. The summed E-state index contributed by atoms with van der Waals surface area (Å²) in [6.07, 6.45) is 2.43. The molecule has 0 unspecified atom stereocenters. The molecule has 3 heterocycles. The predicted molar refractivity (Wildman–Crippen MR) is 116 cm³/mol. The Labute approximate surface area is 174 Å². The van der Waals surface area contributed by atoms with Gasteiger partial charge in [-0.2, -0.15) is 5.10 Å². The third-order valence-electron chi connectivity index (χ3n) is 5.32. The highest BCUT2D eigenvalue weighted by molar-refractivity contribution is 7.17. The average Bonchev–Trinajstić information content (AvgIpc) is 3.29. The number of carbonyl (C=O) groups excluding carboxylic acids is 1. The maximum Gasteiger partial charge on any atom is 0.227 e. The van der Waals surface area contributed by atoms with Crippen molar-refractivity contribution in [2.75, 3.05) is 7.05 Å². The van der Waals surface area contributed by atoms with Crippen molar-refractivity contribution in [3.05, 3.63) is 69.7 Å². The summed E-state index contributed by atoms with van der Waals surface area (Å²) in [6, 6.07) is 10.0. The Kier molecular flexibility index (Phi) is 5.00. The van der Waals surface area contributed by atoms with E-state index in [1.54, 1.807) is 16.2 Å². The van der Waals surface area contributed by atoms with E-state index in [0.29, 0.717) is 13.0 Å². The van der Waals surface area contributed by atoms with Gasteiger partial charge in [0.25, 0.3) is 0 Å². The van der Waals surface area contributed by atoms with Gasteiger partial charge in [-0.25, -0.2) is 9.67 Å². The van der Waals surface area contributed by atoms with E-state index >= 15 is 0 Å². The van der Waals surface area contributed by atoms with Crippen molar-refractivity contribution in [2.24, 2.45) is 0 Å². The van der Waals surface area contributed by atoms with Crippen LogP contribution in [0.2, 0.25) is 0 Å². The van der Waals surface area contributed by atoms with Gasteiger partial charge in [-0.3, -0.25) is 9.20 Å². The van der Waals surface area contributed by atoms with Crippen LogP contribution in [0.5, 0.6) is 0 Å². The van der Waals surface area contributed by atoms with E-state index in [4.69, 9.17) is 0 Å². The second-order valence-corrected chi connectivity index (χ2v) is 8.67. The van der Waals surface area contributed by atoms with Crippen LogP contribution in [0.3, 0.4) is 0 Å². The lowest BCUT2D eigenvalue weighted by Gasteiger charge is -2.17. The minimum absolute atomic E-state index is 0.0742. The molecule has 1 amide bonds. The number of amides is 1. The highest BCUT2D eigenvalue weighted by atomic mass is 32.1. The number of carbonyl (C=O) groups is 1. The largest absolute Gasteiger partial charge is 0.340 e. The Hall–Kier alpha value is -2.93. The van der Waals surface area contributed by atoms with E-state index in [1.165, 1.54) is 4.88 Å². The monoisotopic (exact) mass is 407 g/mol. The molecule has 3 aromatic heterocycles. The van der Waals surface area contributed by atoms with Gasteiger partial charge in [-0.1, -0.05) is 18.2 Å². The molecule has 0 spiro atoms. The zero-order valence-corrected chi connectivity index (χ0v) is 18.2. The number of hydrogen-bond acceptors (Lipinski definition) is 4. The number of para-hydroxylation sites is 1. The van der Waals surface area contributed by atoms with Crippen LogP contribution in [0.15, 0.2) is 36.5 Å². The molecule has 0 saturated carbocycles. The molecule has 0 saturated heterocycles. The van der Waals surface area contributed by atoms with Crippen molar-refractivity contribution < 1.29 is 4.79 Å². The average molecular weight is 408 g/mol. The molecule has 4 rings (SSSR count). The van der Waals surface area contributed by atoms with E-state index in [-0.39, 0.29) is 5.91 Å². The molecule has 150 valence electrons. The van der Waals surface area contributed by atoms with E-state index in [9.17, 15) is 4.79 Å². The number of fused-ring (bicyclic) bond motifs is 1. The van der Waals surface area contributed by atoms with Crippen molar-refractivity contribution in [1.29, 1.82) is 0 Å². The zero-order valence-electron chi connectivity index (χ0n) is 17.4. The maximum atomic E-state index is 13.0. The quantitative estimate of drug-likeness (QED) is 0.502. The normalized spacial score (nSPS) is 11.3. The summed E-state index contributed by atoms with van der Waals surface area (Å²) in [5, 5.41) is 4.66. The number of aryl methyl sites for hydroxylation is 3. The molecular formula is C22H25N5OS. The Morgan fingerprint density at radius 1 is 1.10 bits per heavy atom. The van der Waals surface area contributed by atoms with Gasteiger partial charge in [0.1, 0.15) is 0 Å². The Bertz CT molecular complexity index is 1190. The molecular weight excluding hydrogens is 382 g/mol. The molecule has 6 nitrogen and oxygen atoms in total. The van der Waals surface area contributed by atoms with Crippen LogP contribution in [0.1, 0.15) is 33.2 Å². The third-order valence-corrected chi connectivity index (χ3v) is 6.22. The standard InChI is InChI=1S/C22H25N5OS/c1-14-12-26-20(16(3)23-22(26)29-14)13-25(5)21(28)11-19-15(2)24-27(17(19)4)18-9-7-6-8-10-18/h6-10,12H,11,13H2,1-5H3. The van der Waals surface area contributed by atoms with E-state index < -0.39 is 0 Å². The zero-order chi connectivity index (χ0) is 20.7. The summed E-state index contributed by atoms with van der Waals surface area (Å²) >= 11 is 1.67. The van der Waals surface area contributed by atoms with Crippen molar-refractivity contribution in [3.63, 3.8) is 0 Å². The summed E-state index contributed by atoms with van der Waals surface area (Å²) in [5.41, 5.74) is 5.93. The lowest BCUT2D eigenvalue weighted by atomic mass is 10.1. The number of benzene rings is 1. The number of thiazole rings is 1. The molecule has 29 heavy (non-hydrogen) atoms. The number of aromatic nitrogens is 4. The molecule has 0 aliphatic rings. The molecule has 0 fully saturated rings. The molecule has 1 aromatic carbocycles. The third kappa shape index (κ3) is 3.58. The summed E-state index contributed by atoms with van der Waals surface area (Å²) in [7, 11) is 1.85. The first kappa shape index (κ1) is 19.4. The Balaban J connectivity index is 1.55. The fourth-order valence-corrected chi connectivity index (χ4v) is 4.54. The van der Waals surface area contributed by atoms with Crippen LogP contribution in [0.25, 0.3) is 10.6 Å². The first-order valence-electron chi connectivity index (χ1n) is 9.63. The first-order chi connectivity index (χ1) is 13.8. The second-order valence-electron chi connectivity index (χ2n) is 7.46. The number of hydrogen-bond donors (Lipinski definition) is 0. The minimum atomic E-state index is 0.0742. The van der Waals surface area contributed by atoms with E-state index in [0.717, 1.165) is 39.0 Å². The van der Waals surface area contributed by atoms with Gasteiger partial charge >= 0.3 is 0 Å². The maximum absolute atomic E-state index is 13.0. The summed E-state index contributed by atoms with van der Waals surface area (Å²) in [5.74, 6) is 0.0742. The number of nitrogens with zero attached hydrogens (tertiary/aromatic N) is 5. The van der Waals surface area contributed by atoms with Gasteiger partial charge in [-0.15, -0.1) is 11.3 Å². The Morgan fingerprint density at radius 2 is 1.83 bits per heavy atom. The molecule has 7 heteroatoms. The molecule has 4 aromatic rings. The van der Waals surface area contributed by atoms with Crippen molar-refractivity contribution in [1.82, 2.24) is 24.1 Å². The lowest BCUT2D eigenvalue weighted by molar-refractivity contribution is -0.129. The highest BCUT2D eigenvalue weighted by Crippen LogP contribution is 2.23. The fraction of sp³-hybridized carbons (Fsp3) is 0.318. The number of likely N-dealkylation sites (N-methyl/N-ethyl adjacent to an activating group) is 1. The minimum Gasteiger partial charge on any atom is -0.340 e. The van der Waals surface area contributed by atoms with Crippen molar-refractivity contribution >= 4 is 22.2 Å².